The van der Waals surface area contributed by atoms with E-state index >= 15 is 0 Å². The van der Waals surface area contributed by atoms with Gasteiger partial charge in [0.15, 0.2) is 17.4 Å². The number of thiol groups is 1. The van der Waals surface area contributed by atoms with Crippen LogP contribution in [0.15, 0.2) is 29.7 Å². The smallest absolute Gasteiger partial charge is 0.383 e. The number of imidazole rings is 1. The topological polar surface area (TPSA) is 236 Å². The van der Waals surface area contributed by atoms with E-state index in [-0.39, 0.29) is 43.2 Å². The first kappa shape index (κ1) is 27.9. The van der Waals surface area contributed by atoms with Crippen molar-refractivity contribution < 1.29 is 36.7 Å². The molecular formula is C21H25N9O9P2S. The van der Waals surface area contributed by atoms with Gasteiger partial charge in [0.1, 0.15) is 36.2 Å². The van der Waals surface area contributed by atoms with E-state index in [9.17, 15) is 13.9 Å². The van der Waals surface area contributed by atoms with E-state index in [1.54, 1.807) is 16.8 Å². The van der Waals surface area contributed by atoms with Gasteiger partial charge in [-0.3, -0.25) is 28.0 Å². The van der Waals surface area contributed by atoms with Crippen LogP contribution in [0, 0.1) is 0 Å². The number of H-pyrrole nitrogens is 1. The van der Waals surface area contributed by atoms with Crippen LogP contribution < -0.4 is 17.0 Å². The van der Waals surface area contributed by atoms with Crippen LogP contribution in [0.3, 0.4) is 0 Å². The Balaban J connectivity index is 1.15. The summed E-state index contributed by atoms with van der Waals surface area (Å²) < 4.78 is 64.6. The summed E-state index contributed by atoms with van der Waals surface area (Å²) in [7, 11) is -3.03. The number of ether oxygens (including phenoxy) is 2. The molecule has 42 heavy (non-hydrogen) atoms. The molecule has 3 saturated heterocycles. The number of rotatable bonds is 2. The Bertz CT molecular complexity index is 1800. The maximum absolute atomic E-state index is 13.4. The molecule has 2 unspecified atom stereocenters. The molecule has 4 aromatic heterocycles. The molecule has 3 aliphatic rings. The Morgan fingerprint density at radius 1 is 1.07 bits per heavy atom. The Hall–Kier alpha value is -2.86. The molecule has 7 heterocycles. The van der Waals surface area contributed by atoms with Gasteiger partial charge in [-0.2, -0.15) is 4.98 Å². The zero-order chi connectivity index (χ0) is 29.2. The molecule has 7 rings (SSSR count). The van der Waals surface area contributed by atoms with E-state index in [0.717, 1.165) is 0 Å². The Morgan fingerprint density at radius 2 is 1.93 bits per heavy atom. The lowest BCUT2D eigenvalue weighted by molar-refractivity contribution is -0.0551. The van der Waals surface area contributed by atoms with Crippen molar-refractivity contribution in [1.29, 1.82) is 0 Å². The Morgan fingerprint density at radius 3 is 2.79 bits per heavy atom. The maximum atomic E-state index is 13.4. The van der Waals surface area contributed by atoms with Crippen LogP contribution in [0.4, 0.5) is 11.8 Å². The molecule has 0 saturated carbocycles. The zero-order valence-corrected chi connectivity index (χ0v) is 24.3. The lowest BCUT2D eigenvalue weighted by atomic mass is 10.2. The highest BCUT2D eigenvalue weighted by molar-refractivity contribution is 8.44. The number of hydrogen-bond donors (Lipinski definition) is 4. The number of nitrogens with one attached hydrogen (secondary N) is 1. The molecule has 3 aliphatic heterocycles. The van der Waals surface area contributed by atoms with Gasteiger partial charge >= 0.3 is 15.1 Å². The van der Waals surface area contributed by atoms with Crippen LogP contribution in [0.5, 0.6) is 0 Å². The Labute approximate surface area is 241 Å². The van der Waals surface area contributed by atoms with Crippen molar-refractivity contribution in [2.75, 3.05) is 24.7 Å². The molecule has 5 N–H and O–H groups in total. The molecule has 4 aromatic rings. The third-order valence-corrected chi connectivity index (χ3v) is 9.75. The number of nitrogens with zero attached hydrogens (tertiary/aromatic N) is 6. The Kier molecular flexibility index (Phi) is 7.11. The number of aromatic nitrogens is 7. The van der Waals surface area contributed by atoms with Crippen molar-refractivity contribution in [3.8, 4) is 0 Å². The zero-order valence-electron chi connectivity index (χ0n) is 21.5. The number of fused-ring (bicyclic) bond motifs is 5. The predicted molar refractivity (Wildman–Crippen MR) is 149 cm³/mol. The summed E-state index contributed by atoms with van der Waals surface area (Å²) in [6, 6.07) is 1.76. The monoisotopic (exact) mass is 641 g/mol. The van der Waals surface area contributed by atoms with Gasteiger partial charge in [-0.05, 0) is 6.07 Å². The minimum absolute atomic E-state index is 0.0213. The van der Waals surface area contributed by atoms with Gasteiger partial charge in [-0.1, -0.05) is 12.2 Å². The van der Waals surface area contributed by atoms with E-state index in [4.69, 9.17) is 39.0 Å². The molecule has 8 atom stereocenters. The summed E-state index contributed by atoms with van der Waals surface area (Å²) in [5, 5.41) is 0.642. The van der Waals surface area contributed by atoms with Crippen molar-refractivity contribution in [1.82, 2.24) is 34.1 Å². The molecule has 224 valence electrons. The molecule has 2 bridgehead atoms. The second-order valence-electron chi connectivity index (χ2n) is 9.87. The summed E-state index contributed by atoms with van der Waals surface area (Å²) in [4.78, 5) is 31.2. The highest BCUT2D eigenvalue weighted by Crippen LogP contribution is 2.57. The summed E-state index contributed by atoms with van der Waals surface area (Å²) in [6.45, 7) is -4.43. The number of hydrogen-bond acceptors (Lipinski definition) is 15. The van der Waals surface area contributed by atoms with Crippen molar-refractivity contribution in [3.63, 3.8) is 0 Å². The lowest BCUT2D eigenvalue weighted by Gasteiger charge is -2.25. The first-order chi connectivity index (χ1) is 20.1. The number of anilines is 2. The van der Waals surface area contributed by atoms with Crippen LogP contribution in [0.2, 0.25) is 0 Å². The maximum Gasteiger partial charge on any atom is 0.386 e. The fourth-order valence-corrected chi connectivity index (χ4v) is 7.73. The second kappa shape index (κ2) is 10.7. The quantitative estimate of drug-likeness (QED) is 0.179. The van der Waals surface area contributed by atoms with E-state index in [1.807, 2.05) is 0 Å². The molecule has 21 heteroatoms. The molecule has 3 fully saturated rings. The summed E-state index contributed by atoms with van der Waals surface area (Å²) in [5.74, 6) is 0.189. The van der Waals surface area contributed by atoms with Gasteiger partial charge in [-0.15, -0.1) is 0 Å². The van der Waals surface area contributed by atoms with Gasteiger partial charge in [0, 0.05) is 19.0 Å². The molecule has 0 aliphatic carbocycles. The lowest BCUT2D eigenvalue weighted by Crippen LogP contribution is -2.28. The first-order valence-electron chi connectivity index (χ1n) is 12.7. The third kappa shape index (κ3) is 5.14. The van der Waals surface area contributed by atoms with Crippen LogP contribution in [0.25, 0.3) is 22.2 Å². The van der Waals surface area contributed by atoms with Gasteiger partial charge in [0.2, 0.25) is 5.95 Å². The average molecular weight is 642 g/mol. The average Bonchev–Trinajstić information content (AvgIpc) is 3.71. The van der Waals surface area contributed by atoms with Gasteiger partial charge in [-0.25, -0.2) is 19.5 Å². The van der Waals surface area contributed by atoms with Crippen LogP contribution >= 0.6 is 27.3 Å². The number of nitrogens with two attached hydrogens (primary N) is 2. The first-order valence-corrected chi connectivity index (χ1v) is 16.7. The standard InChI is InChI=1S/C21H25N9O9P2S/c22-16-10-1-2-29(17(10)25-7-24-16)14-4-11-13(37-14)6-35-41(33,42)39-12-3-9(5-34-40(32)38-11)36-20(12)30-8-26-15-18(30)27-21(23)28-19(15)31/h1-2,7-9,11-14,20,40H,3-6H2,(H,33,42)(H2,22,24,25)(H3,23,27,28,31)/t9-,11-,12+,13+,14+,20+,41?/m0/s1. The van der Waals surface area contributed by atoms with Crippen LogP contribution in [-0.2, 0) is 36.7 Å². The van der Waals surface area contributed by atoms with Crippen molar-refractivity contribution in [2.45, 2.75) is 49.7 Å². The molecule has 0 aromatic carbocycles. The SMILES string of the molecule is Nc1nc2c(ncn2[C@@H]2O[C@@H]3CO[PH](=O)O[C@H]4C[C@H](n5ccc6c(N)ncnc65)O[C@@H]4COP(=O)(S)O[C@@H]2C3)c(=O)[nH]1. The molecular weight excluding hydrogens is 616 g/mol. The van der Waals surface area contributed by atoms with Crippen molar-refractivity contribution >= 4 is 61.3 Å². The molecule has 18 nitrogen and oxygen atoms in total. The van der Waals surface area contributed by atoms with E-state index in [2.05, 4.69) is 37.2 Å². The van der Waals surface area contributed by atoms with E-state index in [0.29, 0.717) is 16.9 Å². The second-order valence-corrected chi connectivity index (χ2v) is 13.8. The summed E-state index contributed by atoms with van der Waals surface area (Å²) >= 11 is 4.19. The minimum atomic E-state index is -4.03. The normalized spacial score (nSPS) is 34.2. The number of nitrogen functional groups attached to an aromatic ring is 2. The predicted octanol–water partition coefficient (Wildman–Crippen LogP) is 1.55. The third-order valence-electron chi connectivity index (χ3n) is 7.21. The number of aromatic amines is 1. The summed E-state index contributed by atoms with van der Waals surface area (Å²) in [5.41, 5.74) is 11.8. The molecule has 0 radical (unpaired) electrons. The van der Waals surface area contributed by atoms with Gasteiger partial charge in [0.05, 0.1) is 37.1 Å². The highest BCUT2D eigenvalue weighted by Gasteiger charge is 2.45. The fourth-order valence-electron chi connectivity index (χ4n) is 5.35. The van der Waals surface area contributed by atoms with Gasteiger partial charge < -0.3 is 34.6 Å². The minimum Gasteiger partial charge on any atom is -0.383 e. The van der Waals surface area contributed by atoms with Crippen LogP contribution in [-0.4, -0.2) is 71.7 Å². The largest absolute Gasteiger partial charge is 0.386 e. The van der Waals surface area contributed by atoms with E-state index in [1.165, 1.54) is 17.2 Å². The van der Waals surface area contributed by atoms with E-state index < -0.39 is 57.5 Å². The van der Waals surface area contributed by atoms with Crippen molar-refractivity contribution in [3.05, 3.63) is 35.3 Å². The summed E-state index contributed by atoms with van der Waals surface area (Å²) in [6.07, 6.45) is 0.140. The fraction of sp³-hybridized carbons (Fsp3) is 0.476. The van der Waals surface area contributed by atoms with Crippen LogP contribution in [0.1, 0.15) is 25.3 Å². The molecule has 0 amide bonds. The molecule has 0 spiro atoms. The van der Waals surface area contributed by atoms with Gasteiger partial charge in [0.25, 0.3) is 5.56 Å². The van der Waals surface area contributed by atoms with Crippen molar-refractivity contribution in [2.24, 2.45) is 0 Å². The highest BCUT2D eigenvalue weighted by atomic mass is 32.7.